The molecule has 0 N–H and O–H groups in total. The molecule has 0 saturated heterocycles. The van der Waals surface area contributed by atoms with Gasteiger partial charge >= 0.3 is 6.09 Å². The molecule has 0 spiro atoms. The van der Waals surface area contributed by atoms with Gasteiger partial charge in [-0.1, -0.05) is 0 Å². The molecule has 0 atom stereocenters. The van der Waals surface area contributed by atoms with E-state index in [1.54, 1.807) is 11.0 Å². The van der Waals surface area contributed by atoms with Crippen LogP contribution in [0.2, 0.25) is 0 Å². The summed E-state index contributed by atoms with van der Waals surface area (Å²) in [5.74, 6) is -0.295. The molecule has 1 aliphatic carbocycles. The van der Waals surface area contributed by atoms with Gasteiger partial charge in [0, 0.05) is 9.61 Å². The van der Waals surface area contributed by atoms with Crippen molar-refractivity contribution < 1.29 is 13.9 Å². The Morgan fingerprint density at radius 1 is 1.40 bits per heavy atom. The summed E-state index contributed by atoms with van der Waals surface area (Å²) in [5.41, 5.74) is 0.191. The first-order valence-corrected chi connectivity index (χ1v) is 7.83. The molecule has 2 rings (SSSR count). The molecule has 1 saturated carbocycles. The Bertz CT molecular complexity index is 509. The molecule has 1 fully saturated rings. The Morgan fingerprint density at radius 2 is 2.05 bits per heavy atom. The number of rotatable bonds is 2. The first kappa shape index (κ1) is 15.5. The zero-order chi connectivity index (χ0) is 14.9. The van der Waals surface area contributed by atoms with Crippen LogP contribution in [0.3, 0.4) is 0 Å². The summed E-state index contributed by atoms with van der Waals surface area (Å²) >= 11 is 2.06. The summed E-state index contributed by atoms with van der Waals surface area (Å²) in [6.45, 7) is 5.54. The Hall–Kier alpha value is -0.850. The molecular formula is C15H19FINO2. The van der Waals surface area contributed by atoms with E-state index in [9.17, 15) is 9.18 Å². The van der Waals surface area contributed by atoms with Crippen molar-refractivity contribution in [3.8, 4) is 0 Å². The molecule has 1 aromatic carbocycles. The maximum absolute atomic E-state index is 13.2. The molecule has 1 aromatic rings. The van der Waals surface area contributed by atoms with Crippen molar-refractivity contribution in [3.05, 3.63) is 27.6 Å². The smallest absolute Gasteiger partial charge is 0.415 e. The summed E-state index contributed by atoms with van der Waals surface area (Å²) in [7, 11) is 0. The number of carbonyl (C=O) groups is 1. The van der Waals surface area contributed by atoms with E-state index in [0.717, 1.165) is 28.5 Å². The first-order valence-electron chi connectivity index (χ1n) is 6.75. The predicted molar refractivity (Wildman–Crippen MR) is 85.5 cm³/mol. The van der Waals surface area contributed by atoms with E-state index in [4.69, 9.17) is 4.74 Å². The molecule has 1 aliphatic rings. The van der Waals surface area contributed by atoms with Crippen molar-refractivity contribution in [1.29, 1.82) is 0 Å². The average Bonchev–Trinajstić information content (AvgIpc) is 2.21. The highest BCUT2D eigenvalue weighted by Crippen LogP contribution is 2.34. The zero-order valence-corrected chi connectivity index (χ0v) is 14.1. The van der Waals surface area contributed by atoms with E-state index in [2.05, 4.69) is 22.6 Å². The molecule has 1 amide bonds. The molecule has 0 heterocycles. The van der Waals surface area contributed by atoms with Crippen LogP contribution in [0, 0.1) is 9.39 Å². The lowest BCUT2D eigenvalue weighted by atomic mass is 9.91. The van der Waals surface area contributed by atoms with Crippen molar-refractivity contribution in [1.82, 2.24) is 0 Å². The van der Waals surface area contributed by atoms with Gasteiger partial charge in [-0.3, -0.25) is 4.90 Å². The van der Waals surface area contributed by atoms with E-state index in [-0.39, 0.29) is 18.0 Å². The van der Waals surface area contributed by atoms with Gasteiger partial charge in [-0.15, -0.1) is 0 Å². The minimum Gasteiger partial charge on any atom is -0.443 e. The average molecular weight is 391 g/mol. The van der Waals surface area contributed by atoms with Crippen molar-refractivity contribution in [2.75, 3.05) is 4.90 Å². The Kier molecular flexibility index (Phi) is 4.56. The highest BCUT2D eigenvalue weighted by Gasteiger charge is 2.34. The van der Waals surface area contributed by atoms with Gasteiger partial charge in [0.05, 0.1) is 5.69 Å². The van der Waals surface area contributed by atoms with Crippen LogP contribution in [0.4, 0.5) is 14.9 Å². The Labute approximate surface area is 132 Å². The normalized spacial score (nSPS) is 15.7. The molecular weight excluding hydrogens is 372 g/mol. The Morgan fingerprint density at radius 3 is 2.50 bits per heavy atom. The van der Waals surface area contributed by atoms with Crippen LogP contribution in [0.15, 0.2) is 18.2 Å². The zero-order valence-electron chi connectivity index (χ0n) is 12.0. The van der Waals surface area contributed by atoms with Gasteiger partial charge in [-0.25, -0.2) is 9.18 Å². The highest BCUT2D eigenvalue weighted by molar-refractivity contribution is 14.1. The lowest BCUT2D eigenvalue weighted by Crippen LogP contribution is -2.47. The third-order valence-corrected chi connectivity index (χ3v) is 4.06. The summed E-state index contributed by atoms with van der Waals surface area (Å²) in [4.78, 5) is 14.1. The van der Waals surface area contributed by atoms with E-state index in [0.29, 0.717) is 0 Å². The summed E-state index contributed by atoms with van der Waals surface area (Å²) in [5, 5.41) is 0. The fourth-order valence-electron chi connectivity index (χ4n) is 2.08. The molecule has 0 bridgehead atoms. The van der Waals surface area contributed by atoms with Gasteiger partial charge in [0.1, 0.15) is 11.4 Å². The number of halogens is 2. The lowest BCUT2D eigenvalue weighted by molar-refractivity contribution is 0.0549. The van der Waals surface area contributed by atoms with Gasteiger partial charge in [0.15, 0.2) is 0 Å². The van der Waals surface area contributed by atoms with Gasteiger partial charge in [0.25, 0.3) is 0 Å². The number of ether oxygens (including phenoxy) is 1. The minimum atomic E-state index is -0.537. The molecule has 0 radical (unpaired) electrons. The highest BCUT2D eigenvalue weighted by atomic mass is 127. The third-order valence-electron chi connectivity index (χ3n) is 3.20. The Balaban J connectivity index is 2.30. The van der Waals surface area contributed by atoms with E-state index in [1.165, 1.54) is 12.1 Å². The molecule has 0 aromatic heterocycles. The fraction of sp³-hybridized carbons (Fsp3) is 0.533. The van der Waals surface area contributed by atoms with Gasteiger partial charge in [0.2, 0.25) is 0 Å². The number of benzene rings is 1. The van der Waals surface area contributed by atoms with Gasteiger partial charge in [-0.2, -0.15) is 0 Å². The number of hydrogen-bond donors (Lipinski definition) is 0. The second kappa shape index (κ2) is 5.87. The third kappa shape index (κ3) is 3.62. The van der Waals surface area contributed by atoms with Crippen LogP contribution in [0.25, 0.3) is 0 Å². The van der Waals surface area contributed by atoms with Crippen LogP contribution in [-0.2, 0) is 4.74 Å². The van der Waals surface area contributed by atoms with Crippen LogP contribution in [0.1, 0.15) is 40.0 Å². The molecule has 0 aliphatic heterocycles. The van der Waals surface area contributed by atoms with Crippen molar-refractivity contribution in [3.63, 3.8) is 0 Å². The molecule has 20 heavy (non-hydrogen) atoms. The van der Waals surface area contributed by atoms with Crippen LogP contribution in [0.5, 0.6) is 0 Å². The van der Waals surface area contributed by atoms with Gasteiger partial charge in [-0.05, 0) is 80.8 Å². The number of hydrogen-bond acceptors (Lipinski definition) is 2. The number of anilines is 1. The number of amides is 1. The first-order chi connectivity index (χ1) is 9.28. The number of nitrogens with zero attached hydrogens (tertiary/aromatic N) is 1. The van der Waals surface area contributed by atoms with E-state index >= 15 is 0 Å². The van der Waals surface area contributed by atoms with E-state index in [1.807, 2.05) is 20.8 Å². The maximum atomic E-state index is 13.2. The second-order valence-corrected chi connectivity index (χ2v) is 7.19. The fourth-order valence-corrected chi connectivity index (χ4v) is 2.81. The second-order valence-electron chi connectivity index (χ2n) is 6.03. The van der Waals surface area contributed by atoms with Crippen molar-refractivity contribution >= 4 is 34.4 Å². The largest absolute Gasteiger partial charge is 0.443 e. The summed E-state index contributed by atoms with van der Waals surface area (Å²) < 4.78 is 19.4. The minimum absolute atomic E-state index is 0.156. The molecule has 3 nitrogen and oxygen atoms in total. The van der Waals surface area contributed by atoms with E-state index < -0.39 is 5.60 Å². The summed E-state index contributed by atoms with van der Waals surface area (Å²) in [6.07, 6.45) is 2.69. The number of carbonyl (C=O) groups excluding carboxylic acids is 1. The molecule has 5 heteroatoms. The van der Waals surface area contributed by atoms with Crippen molar-refractivity contribution in [2.45, 2.75) is 51.7 Å². The van der Waals surface area contributed by atoms with Crippen molar-refractivity contribution in [2.24, 2.45) is 0 Å². The SMILES string of the molecule is CC(C)(C)OC(=O)N(c1ccc(F)cc1I)C1CCC1. The lowest BCUT2D eigenvalue weighted by Gasteiger charge is -2.38. The van der Waals surface area contributed by atoms with Gasteiger partial charge < -0.3 is 4.74 Å². The van der Waals surface area contributed by atoms with Crippen LogP contribution < -0.4 is 4.90 Å². The topological polar surface area (TPSA) is 29.5 Å². The standard InChI is InChI=1S/C15H19FINO2/c1-15(2,3)20-14(19)18(11-5-4-6-11)13-8-7-10(16)9-12(13)17/h7-9,11H,4-6H2,1-3H3. The molecule has 110 valence electrons. The predicted octanol–water partition coefficient (Wildman–Crippen LogP) is 4.72. The molecule has 0 unspecified atom stereocenters. The summed E-state index contributed by atoms with van der Waals surface area (Å²) in [6, 6.07) is 4.63. The monoisotopic (exact) mass is 391 g/mol. The van der Waals surface area contributed by atoms with Crippen LogP contribution in [-0.4, -0.2) is 17.7 Å². The van der Waals surface area contributed by atoms with Crippen LogP contribution >= 0.6 is 22.6 Å². The quantitative estimate of drug-likeness (QED) is 0.683. The maximum Gasteiger partial charge on any atom is 0.415 e.